The molecule has 2 aromatic rings. The van der Waals surface area contributed by atoms with Gasteiger partial charge in [0.25, 0.3) is 10.0 Å². The van der Waals surface area contributed by atoms with E-state index in [-0.39, 0.29) is 21.3 Å². The summed E-state index contributed by atoms with van der Waals surface area (Å²) in [6, 6.07) is 0. The molecule has 0 aliphatic heterocycles. The van der Waals surface area contributed by atoms with E-state index in [9.17, 15) is 13.2 Å². The van der Waals surface area contributed by atoms with E-state index in [0.29, 0.717) is 5.82 Å². The first kappa shape index (κ1) is 14.5. The van der Waals surface area contributed by atoms with Gasteiger partial charge in [-0.3, -0.25) is 4.31 Å². The number of carboxylic acid groups (broad SMARTS) is 1. The van der Waals surface area contributed by atoms with Crippen LogP contribution in [0.4, 0.5) is 5.00 Å². The van der Waals surface area contributed by atoms with Crippen molar-refractivity contribution in [2.75, 3.05) is 11.4 Å². The number of carboxylic acids is 1. The average Bonchev–Trinajstić information content (AvgIpc) is 2.94. The maximum Gasteiger partial charge on any atom is 0.340 e. The summed E-state index contributed by atoms with van der Waals surface area (Å²) in [5, 5.41) is 9.11. The first-order valence-electron chi connectivity index (χ1n) is 5.45. The smallest absolute Gasteiger partial charge is 0.340 e. The van der Waals surface area contributed by atoms with Crippen LogP contribution in [0.5, 0.6) is 0 Å². The number of imidazole rings is 1. The first-order valence-corrected chi connectivity index (χ1v) is 7.66. The Balaban J connectivity index is 2.51. The predicted molar refractivity (Wildman–Crippen MR) is 72.7 cm³/mol. The van der Waals surface area contributed by atoms with Crippen LogP contribution >= 0.6 is 11.5 Å². The van der Waals surface area contributed by atoms with E-state index in [4.69, 9.17) is 5.11 Å². The molecule has 0 atom stereocenters. The van der Waals surface area contributed by atoms with Crippen LogP contribution in [0.2, 0.25) is 0 Å². The summed E-state index contributed by atoms with van der Waals surface area (Å²) in [7, 11) is -2.61. The SMILES string of the molecule is Cc1ncc(S(=O)(=O)N(C)c2snc(C)c2C(=O)O)[nH]1. The summed E-state index contributed by atoms with van der Waals surface area (Å²) in [6.45, 7) is 3.14. The fourth-order valence-electron chi connectivity index (χ4n) is 1.60. The number of aromatic amines is 1. The van der Waals surface area contributed by atoms with Crippen molar-refractivity contribution >= 4 is 32.5 Å². The zero-order valence-electron chi connectivity index (χ0n) is 10.9. The summed E-state index contributed by atoms with van der Waals surface area (Å²) < 4.78 is 29.5. The van der Waals surface area contributed by atoms with Gasteiger partial charge in [0.05, 0.1) is 11.9 Å². The Kier molecular flexibility index (Phi) is 3.52. The molecule has 0 saturated heterocycles. The van der Waals surface area contributed by atoms with Gasteiger partial charge in [-0.05, 0) is 25.4 Å². The molecule has 0 radical (unpaired) electrons. The van der Waals surface area contributed by atoms with Crippen LogP contribution in [-0.2, 0) is 10.0 Å². The molecule has 0 amide bonds. The van der Waals surface area contributed by atoms with E-state index in [1.165, 1.54) is 20.2 Å². The molecule has 2 N–H and O–H groups in total. The molecule has 0 aliphatic carbocycles. The predicted octanol–water partition coefficient (Wildman–Crippen LogP) is 1.01. The minimum atomic E-state index is -3.89. The van der Waals surface area contributed by atoms with Crippen LogP contribution < -0.4 is 4.31 Å². The molecule has 0 fully saturated rings. The number of rotatable bonds is 4. The third kappa shape index (κ3) is 2.27. The number of anilines is 1. The number of nitrogens with zero attached hydrogens (tertiary/aromatic N) is 3. The largest absolute Gasteiger partial charge is 0.478 e. The van der Waals surface area contributed by atoms with Gasteiger partial charge in [-0.25, -0.2) is 9.78 Å². The Labute approximate surface area is 119 Å². The van der Waals surface area contributed by atoms with Gasteiger partial charge >= 0.3 is 5.97 Å². The fourth-order valence-corrected chi connectivity index (χ4v) is 3.82. The summed E-state index contributed by atoms with van der Waals surface area (Å²) in [5.41, 5.74) is 0.164. The molecule has 8 nitrogen and oxygen atoms in total. The van der Waals surface area contributed by atoms with Crippen molar-refractivity contribution in [3.63, 3.8) is 0 Å². The highest BCUT2D eigenvalue weighted by molar-refractivity contribution is 7.92. The second kappa shape index (κ2) is 4.87. The second-order valence-electron chi connectivity index (χ2n) is 4.06. The van der Waals surface area contributed by atoms with Crippen molar-refractivity contribution in [2.24, 2.45) is 0 Å². The number of sulfonamides is 1. The number of hydrogen-bond donors (Lipinski definition) is 2. The van der Waals surface area contributed by atoms with E-state index >= 15 is 0 Å². The molecule has 0 aliphatic rings. The van der Waals surface area contributed by atoms with Crippen LogP contribution in [0.25, 0.3) is 0 Å². The molecule has 2 aromatic heterocycles. The maximum absolute atomic E-state index is 12.4. The highest BCUT2D eigenvalue weighted by atomic mass is 32.2. The maximum atomic E-state index is 12.4. The molecule has 0 unspecified atom stereocenters. The van der Waals surface area contributed by atoms with Gasteiger partial charge < -0.3 is 10.1 Å². The Morgan fingerprint density at radius 1 is 1.45 bits per heavy atom. The van der Waals surface area contributed by atoms with E-state index in [0.717, 1.165) is 15.8 Å². The summed E-state index contributed by atoms with van der Waals surface area (Å²) in [6.07, 6.45) is 1.19. The lowest BCUT2D eigenvalue weighted by atomic mass is 10.2. The number of aromatic nitrogens is 3. The molecule has 0 aromatic carbocycles. The van der Waals surface area contributed by atoms with E-state index in [1.807, 2.05) is 0 Å². The van der Waals surface area contributed by atoms with Crippen molar-refractivity contribution < 1.29 is 18.3 Å². The van der Waals surface area contributed by atoms with Crippen LogP contribution in [0.1, 0.15) is 21.9 Å². The average molecular weight is 316 g/mol. The standard InChI is InChI=1S/C10H12N4O4S2/c1-5-8(10(15)16)9(19-13-5)14(3)20(17,18)7-4-11-6(2)12-7/h4H,1-3H3,(H,11,12)(H,15,16). The minimum Gasteiger partial charge on any atom is -0.478 e. The molecule has 2 heterocycles. The monoisotopic (exact) mass is 316 g/mol. The van der Waals surface area contributed by atoms with Crippen molar-refractivity contribution in [2.45, 2.75) is 18.9 Å². The Morgan fingerprint density at radius 3 is 2.60 bits per heavy atom. The molecule has 10 heteroatoms. The third-order valence-electron chi connectivity index (χ3n) is 2.66. The van der Waals surface area contributed by atoms with Crippen LogP contribution in [0.3, 0.4) is 0 Å². The third-order valence-corrected chi connectivity index (χ3v) is 5.46. The second-order valence-corrected chi connectivity index (χ2v) is 6.75. The normalized spacial score (nSPS) is 11.6. The lowest BCUT2D eigenvalue weighted by Crippen LogP contribution is -2.27. The van der Waals surface area contributed by atoms with Crippen LogP contribution in [-0.4, -0.2) is 40.9 Å². The van der Waals surface area contributed by atoms with E-state index < -0.39 is 16.0 Å². The molecule has 2 rings (SSSR count). The zero-order valence-corrected chi connectivity index (χ0v) is 12.5. The Morgan fingerprint density at radius 2 is 2.10 bits per heavy atom. The van der Waals surface area contributed by atoms with Crippen LogP contribution in [0, 0.1) is 13.8 Å². The van der Waals surface area contributed by atoms with Crippen molar-refractivity contribution in [3.8, 4) is 0 Å². The molecule has 108 valence electrons. The van der Waals surface area contributed by atoms with Crippen LogP contribution in [0.15, 0.2) is 11.2 Å². The van der Waals surface area contributed by atoms with Gasteiger partial charge in [0.2, 0.25) is 0 Å². The van der Waals surface area contributed by atoms with E-state index in [2.05, 4.69) is 14.3 Å². The highest BCUT2D eigenvalue weighted by Gasteiger charge is 2.29. The number of aryl methyl sites for hydroxylation is 2. The molecular formula is C10H12N4O4S2. The van der Waals surface area contributed by atoms with Crippen molar-refractivity contribution in [1.82, 2.24) is 14.3 Å². The Hall–Kier alpha value is -1.94. The first-order chi connectivity index (χ1) is 9.25. The molecule has 0 spiro atoms. The van der Waals surface area contributed by atoms with Gasteiger partial charge in [-0.2, -0.15) is 12.8 Å². The Bertz CT molecular complexity index is 762. The van der Waals surface area contributed by atoms with Crippen molar-refractivity contribution in [3.05, 3.63) is 23.3 Å². The molecular weight excluding hydrogens is 304 g/mol. The summed E-state index contributed by atoms with van der Waals surface area (Å²) in [5.74, 6) is -0.759. The van der Waals surface area contributed by atoms with Gasteiger partial charge in [0.15, 0.2) is 5.03 Å². The number of carbonyl (C=O) groups is 1. The molecule has 0 saturated carbocycles. The van der Waals surface area contributed by atoms with Gasteiger partial charge in [0.1, 0.15) is 16.4 Å². The lowest BCUT2D eigenvalue weighted by molar-refractivity contribution is 0.0697. The van der Waals surface area contributed by atoms with Gasteiger partial charge in [-0.1, -0.05) is 0 Å². The molecule has 20 heavy (non-hydrogen) atoms. The zero-order chi connectivity index (χ0) is 15.1. The fraction of sp³-hybridized carbons (Fsp3) is 0.300. The number of nitrogens with one attached hydrogen (secondary N) is 1. The van der Waals surface area contributed by atoms with E-state index in [1.54, 1.807) is 6.92 Å². The van der Waals surface area contributed by atoms with Gasteiger partial charge in [-0.15, -0.1) is 0 Å². The van der Waals surface area contributed by atoms with Gasteiger partial charge in [0, 0.05) is 7.05 Å². The molecule has 0 bridgehead atoms. The highest BCUT2D eigenvalue weighted by Crippen LogP contribution is 2.31. The quantitative estimate of drug-likeness (QED) is 0.869. The van der Waals surface area contributed by atoms with Crippen molar-refractivity contribution in [1.29, 1.82) is 0 Å². The summed E-state index contributed by atoms with van der Waals surface area (Å²) >= 11 is 0.823. The number of aromatic carboxylic acids is 1. The number of hydrogen-bond acceptors (Lipinski definition) is 6. The lowest BCUT2D eigenvalue weighted by Gasteiger charge is -2.16. The topological polar surface area (TPSA) is 116 Å². The summed E-state index contributed by atoms with van der Waals surface area (Å²) in [4.78, 5) is 17.7. The number of H-pyrrole nitrogens is 1. The minimum absolute atomic E-state index is 0.0576.